The molecule has 1 atom stereocenters. The second kappa shape index (κ2) is 23.7. The minimum Gasteiger partial charge on any atom is -0.481 e. The Morgan fingerprint density at radius 3 is 1.61 bits per heavy atom. The molecular formula is C33H42N10O16. The van der Waals surface area contributed by atoms with Crippen molar-refractivity contribution in [3.8, 4) is 0 Å². The first kappa shape index (κ1) is 47.8. The summed E-state index contributed by atoms with van der Waals surface area (Å²) in [6.07, 6.45) is 0.840. The number of carbonyl (C=O) groups is 8. The zero-order valence-corrected chi connectivity index (χ0v) is 31.0. The van der Waals surface area contributed by atoms with Crippen LogP contribution in [-0.2, 0) is 40.1 Å². The molecule has 26 nitrogen and oxygen atoms in total. The number of carbonyl (C=O) groups excluding carboxylic acids is 1. The minimum atomic E-state index is -1.31. The second-order valence-corrected chi connectivity index (χ2v) is 12.4. The van der Waals surface area contributed by atoms with Crippen LogP contribution < -0.4 is 21.9 Å². The first-order valence-electron chi connectivity index (χ1n) is 17.1. The summed E-state index contributed by atoms with van der Waals surface area (Å²) in [5.74, 6) is -9.31. The number of H-pyrrole nitrogens is 1. The molecule has 0 saturated heterocycles. The van der Waals surface area contributed by atoms with Crippen molar-refractivity contribution in [3.63, 3.8) is 0 Å². The number of nitrogens with zero attached hydrogens (tertiary/aromatic N) is 6. The molecule has 0 bridgehead atoms. The average Bonchev–Trinajstić information content (AvgIpc) is 3.12. The average molecular weight is 835 g/mol. The van der Waals surface area contributed by atoms with Gasteiger partial charge in [0, 0.05) is 43.9 Å². The van der Waals surface area contributed by atoms with Gasteiger partial charge in [-0.25, -0.2) is 14.8 Å². The van der Waals surface area contributed by atoms with Crippen LogP contribution in [0.15, 0.2) is 35.3 Å². The maximum atomic E-state index is 12.3. The van der Waals surface area contributed by atoms with Crippen molar-refractivity contribution >= 4 is 70.5 Å². The summed E-state index contributed by atoms with van der Waals surface area (Å²) < 4.78 is 0. The van der Waals surface area contributed by atoms with E-state index in [1.807, 2.05) is 0 Å². The molecular weight excluding hydrogens is 792 g/mol. The summed E-state index contributed by atoms with van der Waals surface area (Å²) in [4.78, 5) is 118. The summed E-state index contributed by atoms with van der Waals surface area (Å²) in [7, 11) is 0. The number of hydrogen-bond acceptors (Lipinski definition) is 17. The monoisotopic (exact) mass is 834 g/mol. The Balaban J connectivity index is 0.000000414. The van der Waals surface area contributed by atoms with Crippen LogP contribution in [0.3, 0.4) is 0 Å². The highest BCUT2D eigenvalue weighted by Crippen LogP contribution is 2.12. The van der Waals surface area contributed by atoms with Crippen LogP contribution in [-0.4, -0.2) is 183 Å². The molecule has 0 saturated carbocycles. The molecule has 26 heteroatoms. The Bertz CT molecular complexity index is 1970. The van der Waals surface area contributed by atoms with Gasteiger partial charge in [0.25, 0.3) is 11.5 Å². The number of aromatic amines is 1. The van der Waals surface area contributed by atoms with Crippen molar-refractivity contribution in [2.45, 2.75) is 25.4 Å². The number of amides is 1. The maximum Gasteiger partial charge on any atom is 0.326 e. The maximum absolute atomic E-state index is 12.3. The highest BCUT2D eigenvalue weighted by atomic mass is 16.4. The number of anilines is 2. The van der Waals surface area contributed by atoms with Crippen LogP contribution in [0.1, 0.15) is 28.9 Å². The molecule has 0 aliphatic carbocycles. The van der Waals surface area contributed by atoms with E-state index in [2.05, 4.69) is 30.6 Å². The van der Waals surface area contributed by atoms with Crippen LogP contribution in [0.4, 0.5) is 11.6 Å². The number of benzene rings is 1. The largest absolute Gasteiger partial charge is 0.481 e. The Morgan fingerprint density at radius 1 is 0.678 bits per heavy atom. The smallest absolute Gasteiger partial charge is 0.326 e. The number of nitrogen functional groups attached to an aromatic ring is 1. The molecule has 2 heterocycles. The molecule has 1 aromatic carbocycles. The lowest BCUT2D eigenvalue weighted by molar-refractivity contribution is -0.143. The molecule has 0 aliphatic rings. The fourth-order valence-corrected chi connectivity index (χ4v) is 4.98. The fourth-order valence-electron chi connectivity index (χ4n) is 4.98. The lowest BCUT2D eigenvalue weighted by atomic mass is 10.1. The van der Waals surface area contributed by atoms with Gasteiger partial charge in [-0.2, -0.15) is 4.98 Å². The Morgan fingerprint density at radius 2 is 1.15 bits per heavy atom. The van der Waals surface area contributed by atoms with Crippen molar-refractivity contribution in [1.29, 1.82) is 0 Å². The summed E-state index contributed by atoms with van der Waals surface area (Å²) in [6, 6.07) is 4.86. The van der Waals surface area contributed by atoms with Gasteiger partial charge in [-0.15, -0.1) is 0 Å². The van der Waals surface area contributed by atoms with Gasteiger partial charge < -0.3 is 52.1 Å². The van der Waals surface area contributed by atoms with Crippen molar-refractivity contribution in [3.05, 3.63) is 52.1 Å². The van der Waals surface area contributed by atoms with Crippen LogP contribution in [0, 0.1) is 0 Å². The molecule has 3 rings (SSSR count). The number of nitrogens with one attached hydrogen (secondary N) is 3. The summed E-state index contributed by atoms with van der Waals surface area (Å²) in [5.41, 5.74) is 6.47. The summed E-state index contributed by atoms with van der Waals surface area (Å²) >= 11 is 0. The third-order valence-electron chi connectivity index (χ3n) is 7.62. The van der Waals surface area contributed by atoms with E-state index in [1.54, 1.807) is 12.1 Å². The molecule has 0 unspecified atom stereocenters. The molecule has 320 valence electrons. The zero-order chi connectivity index (χ0) is 44.2. The molecule has 1 amide bonds. The zero-order valence-electron chi connectivity index (χ0n) is 31.0. The fraction of sp³-hybridized carbons (Fsp3) is 0.394. The SMILES string of the molecule is Nc1nc2ncc(CNc3ccc(C(=O)N[C@@H](CCC(=O)O)C(=O)O)cc3)nc2c(=O)[nH]1.O=C(O)CN(CCN(CC(=O)O)CC(=O)O)CCN(CC(=O)O)CC(=O)O. The van der Waals surface area contributed by atoms with Gasteiger partial charge in [-0.3, -0.25) is 58.0 Å². The van der Waals surface area contributed by atoms with Gasteiger partial charge >= 0.3 is 41.8 Å². The van der Waals surface area contributed by atoms with Crippen molar-refractivity contribution in [2.24, 2.45) is 0 Å². The number of rotatable bonds is 25. The number of aliphatic carboxylic acids is 7. The van der Waals surface area contributed by atoms with Crippen LogP contribution >= 0.6 is 0 Å². The first-order chi connectivity index (χ1) is 27.7. The number of carboxylic acid groups (broad SMARTS) is 7. The molecule has 0 aliphatic heterocycles. The second-order valence-electron chi connectivity index (χ2n) is 12.4. The quantitative estimate of drug-likeness (QED) is 0.0413. The van der Waals surface area contributed by atoms with E-state index >= 15 is 0 Å². The van der Waals surface area contributed by atoms with Crippen LogP contribution in [0.2, 0.25) is 0 Å². The molecule has 2 aromatic heterocycles. The van der Waals surface area contributed by atoms with Crippen molar-refractivity contribution < 1.29 is 74.1 Å². The third-order valence-corrected chi connectivity index (χ3v) is 7.62. The van der Waals surface area contributed by atoms with E-state index in [0.29, 0.717) is 11.4 Å². The predicted molar refractivity (Wildman–Crippen MR) is 199 cm³/mol. The van der Waals surface area contributed by atoms with Gasteiger partial charge in [0.2, 0.25) is 5.95 Å². The Kier molecular flexibility index (Phi) is 19.2. The van der Waals surface area contributed by atoms with Crippen LogP contribution in [0.25, 0.3) is 11.2 Å². The normalized spacial score (nSPS) is 11.4. The van der Waals surface area contributed by atoms with E-state index < -0.39 is 92.0 Å². The predicted octanol–water partition coefficient (Wildman–Crippen LogP) is -2.73. The summed E-state index contributed by atoms with van der Waals surface area (Å²) in [6.45, 7) is -2.50. The number of nitrogens with two attached hydrogens (primary N) is 1. The van der Waals surface area contributed by atoms with Gasteiger partial charge in [0.05, 0.1) is 51.2 Å². The van der Waals surface area contributed by atoms with Crippen molar-refractivity contribution in [1.82, 2.24) is 40.0 Å². The van der Waals surface area contributed by atoms with Crippen LogP contribution in [0.5, 0.6) is 0 Å². The first-order valence-corrected chi connectivity index (χ1v) is 17.1. The molecule has 0 fully saturated rings. The van der Waals surface area contributed by atoms with E-state index in [0.717, 1.165) is 9.80 Å². The lowest BCUT2D eigenvalue weighted by Crippen LogP contribution is -2.45. The number of hydrogen-bond donors (Lipinski definition) is 11. The number of carboxylic acids is 7. The number of fused-ring (bicyclic) bond motifs is 1. The van der Waals surface area contributed by atoms with E-state index in [-0.39, 0.29) is 68.2 Å². The van der Waals surface area contributed by atoms with E-state index in [1.165, 1.54) is 23.2 Å². The highest BCUT2D eigenvalue weighted by Gasteiger charge is 2.22. The van der Waals surface area contributed by atoms with Gasteiger partial charge in [-0.05, 0) is 30.7 Å². The third kappa shape index (κ3) is 18.9. The molecule has 12 N–H and O–H groups in total. The van der Waals surface area contributed by atoms with E-state index in [4.69, 9.17) is 41.5 Å². The van der Waals surface area contributed by atoms with Gasteiger partial charge in [-0.1, -0.05) is 0 Å². The Labute approximate surface area is 331 Å². The standard InChI is InChI=1S/C19H19N7O6.C14H23N3O10/c20-19-25-15-14(17(30)26-19)23-11(8-22-15)7-21-10-3-1-9(2-4-10)16(29)24-12(18(31)32)5-6-13(27)28;18-10(19)5-15(1-3-16(6-11(20)21)7-12(22)23)2-4-17(8-13(24)25)9-14(26)27/h1-4,8,12,21H,5-7H2,(H,24,29)(H,27,28)(H,31,32)(H3,20,22,25,26,30);1-9H2,(H,18,19)(H,20,21)(H,22,23)(H,24,25)(H,26,27)/t12-;/m0./s1. The molecule has 3 aromatic rings. The summed E-state index contributed by atoms with van der Waals surface area (Å²) in [5, 5.41) is 67.3. The van der Waals surface area contributed by atoms with Gasteiger partial charge in [0.1, 0.15) is 6.04 Å². The molecule has 0 spiro atoms. The Hall–Kier alpha value is -7.32. The molecule has 0 radical (unpaired) electrons. The highest BCUT2D eigenvalue weighted by molar-refractivity contribution is 5.97. The van der Waals surface area contributed by atoms with Crippen molar-refractivity contribution in [2.75, 3.05) is 70.0 Å². The molecule has 59 heavy (non-hydrogen) atoms. The topological polar surface area (TPSA) is 410 Å². The number of aromatic nitrogens is 4. The van der Waals surface area contributed by atoms with E-state index in [9.17, 15) is 43.2 Å². The lowest BCUT2D eigenvalue weighted by Gasteiger charge is -2.27. The minimum absolute atomic E-state index is 0.000836. The van der Waals surface area contributed by atoms with Gasteiger partial charge in [0.15, 0.2) is 11.2 Å².